The highest BCUT2D eigenvalue weighted by Crippen LogP contribution is 2.30. The Morgan fingerprint density at radius 1 is 1.32 bits per heavy atom. The Balaban J connectivity index is 2.15. The van der Waals surface area contributed by atoms with E-state index in [1.54, 1.807) is 12.1 Å². The second kappa shape index (κ2) is 6.38. The first-order valence-corrected chi connectivity index (χ1v) is 7.27. The summed E-state index contributed by atoms with van der Waals surface area (Å²) >= 11 is 0. The Bertz CT molecular complexity index is 419. The first-order chi connectivity index (χ1) is 9.10. The maximum Gasteiger partial charge on any atom is 0.125 e. The third kappa shape index (κ3) is 3.69. The SMILES string of the molecule is CNCc1cc(F)cc(N(C)C2CCCC(C)C2)c1. The number of halogens is 1. The van der Waals surface area contributed by atoms with E-state index in [2.05, 4.69) is 30.3 Å². The minimum Gasteiger partial charge on any atom is -0.372 e. The smallest absolute Gasteiger partial charge is 0.125 e. The predicted molar refractivity (Wildman–Crippen MR) is 79.0 cm³/mol. The van der Waals surface area contributed by atoms with Crippen LogP contribution in [0, 0.1) is 11.7 Å². The summed E-state index contributed by atoms with van der Waals surface area (Å²) in [5, 5.41) is 3.08. The zero-order valence-electron chi connectivity index (χ0n) is 12.2. The molecule has 2 rings (SSSR count). The quantitative estimate of drug-likeness (QED) is 0.894. The van der Waals surface area contributed by atoms with Gasteiger partial charge in [-0.15, -0.1) is 0 Å². The average Bonchev–Trinajstić information content (AvgIpc) is 2.37. The molecule has 0 bridgehead atoms. The van der Waals surface area contributed by atoms with Gasteiger partial charge in [0.15, 0.2) is 0 Å². The van der Waals surface area contributed by atoms with Crippen LogP contribution in [0.5, 0.6) is 0 Å². The van der Waals surface area contributed by atoms with Gasteiger partial charge < -0.3 is 10.2 Å². The van der Waals surface area contributed by atoms with E-state index in [0.717, 1.165) is 17.2 Å². The third-order valence-electron chi connectivity index (χ3n) is 4.19. The van der Waals surface area contributed by atoms with E-state index in [1.807, 2.05) is 7.05 Å². The zero-order chi connectivity index (χ0) is 13.8. The molecule has 1 saturated carbocycles. The van der Waals surface area contributed by atoms with Crippen molar-refractivity contribution in [3.8, 4) is 0 Å². The zero-order valence-corrected chi connectivity index (χ0v) is 12.2. The van der Waals surface area contributed by atoms with Crippen molar-refractivity contribution in [1.82, 2.24) is 5.32 Å². The van der Waals surface area contributed by atoms with Crippen molar-refractivity contribution in [1.29, 1.82) is 0 Å². The van der Waals surface area contributed by atoms with Gasteiger partial charge in [0.1, 0.15) is 5.82 Å². The van der Waals surface area contributed by atoms with Crippen LogP contribution in [0.4, 0.5) is 10.1 Å². The van der Waals surface area contributed by atoms with Gasteiger partial charge in [-0.05, 0) is 49.6 Å². The molecule has 0 aromatic heterocycles. The van der Waals surface area contributed by atoms with E-state index in [0.29, 0.717) is 12.6 Å². The van der Waals surface area contributed by atoms with E-state index in [9.17, 15) is 4.39 Å². The van der Waals surface area contributed by atoms with Gasteiger partial charge in [0, 0.05) is 25.3 Å². The Morgan fingerprint density at radius 2 is 2.11 bits per heavy atom. The molecule has 1 fully saturated rings. The lowest BCUT2D eigenvalue weighted by molar-refractivity contribution is 0.336. The van der Waals surface area contributed by atoms with Crippen molar-refractivity contribution >= 4 is 5.69 Å². The molecule has 1 aromatic rings. The van der Waals surface area contributed by atoms with Crippen LogP contribution < -0.4 is 10.2 Å². The number of nitrogens with one attached hydrogen (secondary N) is 1. The summed E-state index contributed by atoms with van der Waals surface area (Å²) in [4.78, 5) is 2.26. The standard InChI is InChI=1S/C16H25FN2/c1-12-5-4-6-15(7-12)19(3)16-9-13(11-18-2)8-14(17)10-16/h8-10,12,15,18H,4-7,11H2,1-3H3. The molecule has 2 atom stereocenters. The van der Waals surface area contributed by atoms with E-state index in [1.165, 1.54) is 25.7 Å². The molecule has 0 heterocycles. The number of hydrogen-bond acceptors (Lipinski definition) is 2. The minimum atomic E-state index is -0.140. The minimum absolute atomic E-state index is 0.140. The fraction of sp³-hybridized carbons (Fsp3) is 0.625. The van der Waals surface area contributed by atoms with E-state index < -0.39 is 0 Å². The molecule has 0 saturated heterocycles. The number of anilines is 1. The molecular weight excluding hydrogens is 239 g/mol. The molecule has 1 aliphatic rings. The van der Waals surface area contributed by atoms with Crippen molar-refractivity contribution in [3.05, 3.63) is 29.6 Å². The highest BCUT2D eigenvalue weighted by molar-refractivity contribution is 5.49. The van der Waals surface area contributed by atoms with Crippen molar-refractivity contribution in [2.45, 2.75) is 45.2 Å². The maximum absolute atomic E-state index is 13.7. The number of benzene rings is 1. The molecule has 1 N–H and O–H groups in total. The monoisotopic (exact) mass is 264 g/mol. The maximum atomic E-state index is 13.7. The largest absolute Gasteiger partial charge is 0.372 e. The lowest BCUT2D eigenvalue weighted by Crippen LogP contribution is -2.35. The number of hydrogen-bond donors (Lipinski definition) is 1. The van der Waals surface area contributed by atoms with Crippen LogP contribution in [-0.4, -0.2) is 20.1 Å². The molecule has 0 amide bonds. The van der Waals surface area contributed by atoms with E-state index in [-0.39, 0.29) is 5.82 Å². The van der Waals surface area contributed by atoms with Crippen LogP contribution in [-0.2, 0) is 6.54 Å². The van der Waals surface area contributed by atoms with Gasteiger partial charge in [-0.3, -0.25) is 0 Å². The van der Waals surface area contributed by atoms with E-state index in [4.69, 9.17) is 0 Å². The van der Waals surface area contributed by atoms with E-state index >= 15 is 0 Å². The molecule has 2 unspecified atom stereocenters. The lowest BCUT2D eigenvalue weighted by Gasteiger charge is -2.35. The van der Waals surface area contributed by atoms with Crippen LogP contribution in [0.1, 0.15) is 38.2 Å². The molecule has 19 heavy (non-hydrogen) atoms. The van der Waals surface area contributed by atoms with Gasteiger partial charge in [0.05, 0.1) is 0 Å². The molecule has 0 spiro atoms. The second-order valence-electron chi connectivity index (χ2n) is 5.88. The Labute approximate surface area is 116 Å². The van der Waals surface area contributed by atoms with Crippen LogP contribution in [0.3, 0.4) is 0 Å². The summed E-state index contributed by atoms with van der Waals surface area (Å²) in [6.45, 7) is 3.03. The summed E-state index contributed by atoms with van der Waals surface area (Å²) in [5.41, 5.74) is 2.01. The fourth-order valence-corrected chi connectivity index (χ4v) is 3.11. The van der Waals surface area contributed by atoms with Crippen LogP contribution >= 0.6 is 0 Å². The molecule has 1 aliphatic carbocycles. The Hall–Kier alpha value is -1.09. The van der Waals surface area contributed by atoms with Gasteiger partial charge in [0.25, 0.3) is 0 Å². The van der Waals surface area contributed by atoms with Crippen molar-refractivity contribution < 1.29 is 4.39 Å². The molecule has 1 aromatic carbocycles. The van der Waals surface area contributed by atoms with Crippen LogP contribution in [0.15, 0.2) is 18.2 Å². The number of nitrogens with zero attached hydrogens (tertiary/aromatic N) is 1. The van der Waals surface area contributed by atoms with Gasteiger partial charge in [-0.25, -0.2) is 4.39 Å². The molecule has 106 valence electrons. The van der Waals surface area contributed by atoms with Gasteiger partial charge in [-0.2, -0.15) is 0 Å². The summed E-state index contributed by atoms with van der Waals surface area (Å²) in [6, 6.07) is 5.90. The molecule has 0 radical (unpaired) electrons. The summed E-state index contributed by atoms with van der Waals surface area (Å²) in [6.07, 6.45) is 5.06. The van der Waals surface area contributed by atoms with Crippen molar-refractivity contribution in [3.63, 3.8) is 0 Å². The van der Waals surface area contributed by atoms with Crippen LogP contribution in [0.2, 0.25) is 0 Å². The summed E-state index contributed by atoms with van der Waals surface area (Å²) < 4.78 is 13.7. The molecule has 3 heteroatoms. The topological polar surface area (TPSA) is 15.3 Å². The highest BCUT2D eigenvalue weighted by Gasteiger charge is 2.23. The average molecular weight is 264 g/mol. The van der Waals surface area contributed by atoms with Gasteiger partial charge in [0.2, 0.25) is 0 Å². The first kappa shape index (κ1) is 14.3. The molecular formula is C16H25FN2. The molecule has 2 nitrogen and oxygen atoms in total. The fourth-order valence-electron chi connectivity index (χ4n) is 3.11. The Morgan fingerprint density at radius 3 is 2.79 bits per heavy atom. The summed E-state index contributed by atoms with van der Waals surface area (Å²) in [7, 11) is 3.98. The normalized spacial score (nSPS) is 23.4. The molecule has 0 aliphatic heterocycles. The first-order valence-electron chi connectivity index (χ1n) is 7.27. The predicted octanol–water partition coefficient (Wildman–Crippen LogP) is 3.56. The second-order valence-corrected chi connectivity index (χ2v) is 5.88. The van der Waals surface area contributed by atoms with Crippen molar-refractivity contribution in [2.24, 2.45) is 5.92 Å². The Kier molecular flexibility index (Phi) is 4.81. The van der Waals surface area contributed by atoms with Gasteiger partial charge >= 0.3 is 0 Å². The highest BCUT2D eigenvalue weighted by atomic mass is 19.1. The van der Waals surface area contributed by atoms with Crippen LogP contribution in [0.25, 0.3) is 0 Å². The lowest BCUT2D eigenvalue weighted by atomic mass is 9.86. The number of rotatable bonds is 4. The summed E-state index contributed by atoms with van der Waals surface area (Å²) in [5.74, 6) is 0.644. The van der Waals surface area contributed by atoms with Crippen molar-refractivity contribution in [2.75, 3.05) is 19.0 Å². The van der Waals surface area contributed by atoms with Gasteiger partial charge in [-0.1, -0.05) is 19.8 Å². The third-order valence-corrected chi connectivity index (χ3v) is 4.19.